The maximum absolute atomic E-state index is 12.1. The summed E-state index contributed by atoms with van der Waals surface area (Å²) in [7, 11) is 0. The molecule has 0 aliphatic heterocycles. The third kappa shape index (κ3) is 6.06. The van der Waals surface area contributed by atoms with Crippen LogP contribution in [0.5, 0.6) is 11.6 Å². The maximum Gasteiger partial charge on any atom is 0.226 e. The quantitative estimate of drug-likeness (QED) is 0.553. The molecule has 0 spiro atoms. The van der Waals surface area contributed by atoms with Gasteiger partial charge in [-0.1, -0.05) is 23.7 Å². The molecule has 3 rings (SSSR count). The lowest BCUT2D eigenvalue weighted by Crippen LogP contribution is -2.11. The number of carbonyl (C=O) groups excluding carboxylic acids is 1. The summed E-state index contributed by atoms with van der Waals surface area (Å²) >= 11 is 5.85. The number of amides is 1. The van der Waals surface area contributed by atoms with Gasteiger partial charge in [-0.15, -0.1) is 0 Å². The topological polar surface area (TPSA) is 90.1 Å². The van der Waals surface area contributed by atoms with Crippen molar-refractivity contribution >= 4 is 23.2 Å². The molecule has 0 aliphatic rings. The van der Waals surface area contributed by atoms with Crippen molar-refractivity contribution in [1.29, 1.82) is 0 Å². The van der Waals surface area contributed by atoms with Gasteiger partial charge in [-0.2, -0.15) is 4.98 Å². The van der Waals surface area contributed by atoms with E-state index in [2.05, 4.69) is 27.4 Å². The molecule has 0 radical (unpaired) electrons. The SMILES string of the molecule is CCCc1noc(CCCC(=O)Nc2ccc(Oc3ccc(Cl)cc3)nc2)n1. The molecule has 0 aliphatic carbocycles. The van der Waals surface area contributed by atoms with Gasteiger partial charge >= 0.3 is 0 Å². The molecule has 0 bridgehead atoms. The molecule has 1 amide bonds. The van der Waals surface area contributed by atoms with E-state index in [0.29, 0.717) is 53.3 Å². The Morgan fingerprint density at radius 1 is 1.18 bits per heavy atom. The van der Waals surface area contributed by atoms with E-state index in [1.807, 2.05) is 0 Å². The lowest BCUT2D eigenvalue weighted by atomic mass is 10.2. The molecule has 8 heteroatoms. The van der Waals surface area contributed by atoms with Crippen molar-refractivity contribution in [3.05, 3.63) is 59.3 Å². The Morgan fingerprint density at radius 3 is 2.71 bits per heavy atom. The number of nitrogens with one attached hydrogen (secondary N) is 1. The van der Waals surface area contributed by atoms with Crippen LogP contribution in [-0.2, 0) is 17.6 Å². The minimum absolute atomic E-state index is 0.0959. The summed E-state index contributed by atoms with van der Waals surface area (Å²) < 4.78 is 10.8. The first-order valence-corrected chi connectivity index (χ1v) is 9.51. The molecule has 7 nitrogen and oxygen atoms in total. The molecule has 1 N–H and O–H groups in total. The van der Waals surface area contributed by atoms with Crippen LogP contribution in [0.15, 0.2) is 47.1 Å². The van der Waals surface area contributed by atoms with Crippen LogP contribution in [-0.4, -0.2) is 21.0 Å². The highest BCUT2D eigenvalue weighted by Crippen LogP contribution is 2.22. The van der Waals surface area contributed by atoms with Crippen molar-refractivity contribution in [2.24, 2.45) is 0 Å². The van der Waals surface area contributed by atoms with E-state index in [-0.39, 0.29) is 5.91 Å². The Kier molecular flexibility index (Phi) is 6.97. The molecule has 2 heterocycles. The van der Waals surface area contributed by atoms with Crippen LogP contribution in [0, 0.1) is 0 Å². The monoisotopic (exact) mass is 400 g/mol. The second-order valence-electron chi connectivity index (χ2n) is 6.20. The van der Waals surface area contributed by atoms with Crippen LogP contribution in [0.2, 0.25) is 5.02 Å². The summed E-state index contributed by atoms with van der Waals surface area (Å²) in [5.41, 5.74) is 0.608. The summed E-state index contributed by atoms with van der Waals surface area (Å²) in [5, 5.41) is 7.35. The summed E-state index contributed by atoms with van der Waals surface area (Å²) in [5.74, 6) is 2.26. The Labute approximate surface area is 168 Å². The highest BCUT2D eigenvalue weighted by Gasteiger charge is 2.08. The van der Waals surface area contributed by atoms with Crippen LogP contribution >= 0.6 is 11.6 Å². The molecule has 0 saturated heterocycles. The molecule has 0 unspecified atom stereocenters. The van der Waals surface area contributed by atoms with Gasteiger partial charge in [-0.25, -0.2) is 4.98 Å². The Bertz CT molecular complexity index is 895. The largest absolute Gasteiger partial charge is 0.439 e. The number of anilines is 1. The fourth-order valence-electron chi connectivity index (χ4n) is 2.48. The van der Waals surface area contributed by atoms with Crippen molar-refractivity contribution in [2.45, 2.75) is 39.0 Å². The number of pyridine rings is 1. The zero-order valence-corrected chi connectivity index (χ0v) is 16.3. The van der Waals surface area contributed by atoms with E-state index >= 15 is 0 Å². The van der Waals surface area contributed by atoms with E-state index in [1.54, 1.807) is 42.6 Å². The lowest BCUT2D eigenvalue weighted by molar-refractivity contribution is -0.116. The minimum Gasteiger partial charge on any atom is -0.439 e. The Balaban J connectivity index is 1.42. The summed E-state index contributed by atoms with van der Waals surface area (Å²) in [6.45, 7) is 2.06. The van der Waals surface area contributed by atoms with Gasteiger partial charge in [0.2, 0.25) is 17.7 Å². The number of ether oxygens (including phenoxy) is 1. The van der Waals surface area contributed by atoms with Gasteiger partial charge in [0, 0.05) is 30.4 Å². The van der Waals surface area contributed by atoms with Crippen molar-refractivity contribution in [3.63, 3.8) is 0 Å². The van der Waals surface area contributed by atoms with Gasteiger partial charge in [0.05, 0.1) is 11.9 Å². The lowest BCUT2D eigenvalue weighted by Gasteiger charge is -2.07. The van der Waals surface area contributed by atoms with Crippen LogP contribution in [0.25, 0.3) is 0 Å². The third-order valence-electron chi connectivity index (χ3n) is 3.83. The second kappa shape index (κ2) is 9.85. The number of nitrogens with zero attached hydrogens (tertiary/aromatic N) is 3. The first-order valence-electron chi connectivity index (χ1n) is 9.13. The van der Waals surface area contributed by atoms with Gasteiger partial charge in [0.1, 0.15) is 5.75 Å². The van der Waals surface area contributed by atoms with Crippen molar-refractivity contribution in [1.82, 2.24) is 15.1 Å². The third-order valence-corrected chi connectivity index (χ3v) is 4.09. The molecule has 2 aromatic heterocycles. The van der Waals surface area contributed by atoms with E-state index in [9.17, 15) is 4.79 Å². The predicted molar refractivity (Wildman–Crippen MR) is 106 cm³/mol. The average Bonchev–Trinajstić information content (AvgIpc) is 3.13. The van der Waals surface area contributed by atoms with E-state index in [4.69, 9.17) is 20.9 Å². The van der Waals surface area contributed by atoms with E-state index in [0.717, 1.165) is 12.8 Å². The highest BCUT2D eigenvalue weighted by atomic mass is 35.5. The van der Waals surface area contributed by atoms with Crippen molar-refractivity contribution in [3.8, 4) is 11.6 Å². The van der Waals surface area contributed by atoms with Gasteiger partial charge in [-0.05, 0) is 43.2 Å². The number of carbonyl (C=O) groups is 1. The number of aromatic nitrogens is 3. The van der Waals surface area contributed by atoms with Crippen LogP contribution in [0.1, 0.15) is 37.9 Å². The summed E-state index contributed by atoms with van der Waals surface area (Å²) in [4.78, 5) is 20.6. The number of hydrogen-bond acceptors (Lipinski definition) is 6. The molecule has 0 fully saturated rings. The highest BCUT2D eigenvalue weighted by molar-refractivity contribution is 6.30. The van der Waals surface area contributed by atoms with E-state index in [1.165, 1.54) is 0 Å². The summed E-state index contributed by atoms with van der Waals surface area (Å²) in [6, 6.07) is 10.4. The maximum atomic E-state index is 12.1. The normalized spacial score (nSPS) is 10.6. The molecular formula is C20H21ClN4O3. The fourth-order valence-corrected chi connectivity index (χ4v) is 2.60. The molecule has 3 aromatic rings. The standard InChI is InChI=1S/C20H21ClN4O3/c1-2-4-17-24-20(28-25-17)6-3-5-18(26)23-15-9-12-19(22-13-15)27-16-10-7-14(21)8-11-16/h7-13H,2-6H2,1H3,(H,23,26). The second-order valence-corrected chi connectivity index (χ2v) is 6.63. The zero-order chi connectivity index (χ0) is 19.8. The minimum atomic E-state index is -0.0959. The van der Waals surface area contributed by atoms with Gasteiger partial charge in [-0.3, -0.25) is 4.79 Å². The van der Waals surface area contributed by atoms with Crippen molar-refractivity contribution in [2.75, 3.05) is 5.32 Å². The molecule has 28 heavy (non-hydrogen) atoms. The molecule has 1 aromatic carbocycles. The van der Waals surface area contributed by atoms with Gasteiger partial charge < -0.3 is 14.6 Å². The van der Waals surface area contributed by atoms with E-state index < -0.39 is 0 Å². The Hall–Kier alpha value is -2.93. The molecule has 146 valence electrons. The number of hydrogen-bond donors (Lipinski definition) is 1. The van der Waals surface area contributed by atoms with Crippen molar-refractivity contribution < 1.29 is 14.1 Å². The molecule has 0 saturated carbocycles. The van der Waals surface area contributed by atoms with Crippen LogP contribution in [0.4, 0.5) is 5.69 Å². The predicted octanol–water partition coefficient (Wildman–Crippen LogP) is 4.82. The Morgan fingerprint density at radius 2 is 2.00 bits per heavy atom. The molecule has 0 atom stereocenters. The summed E-state index contributed by atoms with van der Waals surface area (Å²) in [6.07, 6.45) is 4.89. The number of benzene rings is 1. The number of halogens is 1. The number of rotatable bonds is 9. The first kappa shape index (κ1) is 19.8. The van der Waals surface area contributed by atoms with Gasteiger partial charge in [0.25, 0.3) is 0 Å². The molecular weight excluding hydrogens is 380 g/mol. The fraction of sp³-hybridized carbons (Fsp3) is 0.300. The smallest absolute Gasteiger partial charge is 0.226 e. The van der Waals surface area contributed by atoms with Crippen LogP contribution < -0.4 is 10.1 Å². The zero-order valence-electron chi connectivity index (χ0n) is 15.5. The van der Waals surface area contributed by atoms with Gasteiger partial charge in [0.15, 0.2) is 5.82 Å². The van der Waals surface area contributed by atoms with Crippen LogP contribution in [0.3, 0.4) is 0 Å². The first-order chi connectivity index (χ1) is 13.6. The average molecular weight is 401 g/mol. The number of aryl methyl sites for hydroxylation is 2.